The number of nitrogens with zero attached hydrogens (tertiary/aromatic N) is 2. The fourth-order valence-electron chi connectivity index (χ4n) is 2.68. The van der Waals surface area contributed by atoms with E-state index in [4.69, 9.17) is 15.5 Å². The minimum atomic E-state index is 0.340. The van der Waals surface area contributed by atoms with Gasteiger partial charge in [0, 0.05) is 32.4 Å². The lowest BCUT2D eigenvalue weighted by atomic mass is 10.1. The van der Waals surface area contributed by atoms with E-state index in [1.807, 2.05) is 0 Å². The Hall–Kier alpha value is -1.13. The molecular weight excluding hydrogens is 250 g/mol. The lowest BCUT2D eigenvalue weighted by Gasteiger charge is -2.28. The number of nitrogens with two attached hydrogens (primary N) is 1. The largest absolute Gasteiger partial charge is 0.376 e. The highest BCUT2D eigenvalue weighted by molar-refractivity contribution is 5.42. The fourth-order valence-corrected chi connectivity index (χ4v) is 2.68. The zero-order valence-corrected chi connectivity index (χ0v) is 12.8. The van der Waals surface area contributed by atoms with Gasteiger partial charge in [0.25, 0.3) is 0 Å². The lowest BCUT2D eigenvalue weighted by Crippen LogP contribution is -2.34. The smallest absolute Gasteiger partial charge is 0.128 e. The minimum Gasteiger partial charge on any atom is -0.376 e. The molecule has 20 heavy (non-hydrogen) atoms. The summed E-state index contributed by atoms with van der Waals surface area (Å²) in [4.78, 5) is 6.95. The molecule has 1 aliphatic rings. The van der Waals surface area contributed by atoms with Gasteiger partial charge in [-0.15, -0.1) is 0 Å². The van der Waals surface area contributed by atoms with E-state index < -0.39 is 0 Å². The molecule has 1 unspecified atom stereocenters. The number of likely N-dealkylation sites (N-methyl/N-ethyl adjacent to an activating group) is 1. The van der Waals surface area contributed by atoms with Crippen molar-refractivity contribution in [2.75, 3.05) is 25.1 Å². The van der Waals surface area contributed by atoms with Gasteiger partial charge in [0.1, 0.15) is 5.82 Å². The Balaban J connectivity index is 2.06. The predicted octanol–water partition coefficient (Wildman–Crippen LogP) is 2.50. The normalized spacial score (nSPS) is 19.1. The molecular formula is C16H27N3O. The van der Waals surface area contributed by atoms with Gasteiger partial charge in [0.2, 0.25) is 0 Å². The molecule has 1 aromatic rings. The summed E-state index contributed by atoms with van der Waals surface area (Å²) < 4.78 is 5.81. The quantitative estimate of drug-likeness (QED) is 0.868. The van der Waals surface area contributed by atoms with Crippen molar-refractivity contribution in [1.82, 2.24) is 4.98 Å². The number of anilines is 1. The van der Waals surface area contributed by atoms with Crippen LogP contribution in [0.4, 0.5) is 5.82 Å². The number of ether oxygens (including phenoxy) is 1. The van der Waals surface area contributed by atoms with Crippen molar-refractivity contribution in [3.05, 3.63) is 23.4 Å². The summed E-state index contributed by atoms with van der Waals surface area (Å²) >= 11 is 0. The average molecular weight is 277 g/mol. The molecule has 1 saturated heterocycles. The highest BCUT2D eigenvalue weighted by Crippen LogP contribution is 2.19. The van der Waals surface area contributed by atoms with Gasteiger partial charge in [0.05, 0.1) is 6.10 Å². The second-order valence-corrected chi connectivity index (χ2v) is 5.65. The van der Waals surface area contributed by atoms with Crippen LogP contribution in [0, 0.1) is 0 Å². The number of aryl methyl sites for hydroxylation is 1. The van der Waals surface area contributed by atoms with Gasteiger partial charge in [-0.2, -0.15) is 0 Å². The molecule has 0 spiro atoms. The van der Waals surface area contributed by atoms with Gasteiger partial charge in [0.15, 0.2) is 0 Å². The van der Waals surface area contributed by atoms with Gasteiger partial charge in [-0.3, -0.25) is 0 Å². The fraction of sp³-hybridized carbons (Fsp3) is 0.688. The Morgan fingerprint density at radius 3 is 2.90 bits per heavy atom. The van der Waals surface area contributed by atoms with Gasteiger partial charge in [-0.25, -0.2) is 4.98 Å². The van der Waals surface area contributed by atoms with Crippen molar-refractivity contribution in [3.63, 3.8) is 0 Å². The first-order chi connectivity index (χ1) is 9.72. The Labute approximate surface area is 122 Å². The van der Waals surface area contributed by atoms with Crippen LogP contribution in [-0.4, -0.2) is 31.3 Å². The first kappa shape index (κ1) is 15.3. The van der Waals surface area contributed by atoms with E-state index in [9.17, 15) is 0 Å². The first-order valence-electron chi connectivity index (χ1n) is 7.75. The molecule has 2 rings (SSSR count). The van der Waals surface area contributed by atoms with E-state index in [-0.39, 0.29) is 0 Å². The topological polar surface area (TPSA) is 51.4 Å². The zero-order chi connectivity index (χ0) is 14.4. The first-order valence-corrected chi connectivity index (χ1v) is 7.75. The maximum Gasteiger partial charge on any atom is 0.128 e. The monoisotopic (exact) mass is 277 g/mol. The van der Waals surface area contributed by atoms with Crippen LogP contribution in [0.5, 0.6) is 0 Å². The van der Waals surface area contributed by atoms with Gasteiger partial charge >= 0.3 is 0 Å². The van der Waals surface area contributed by atoms with Crippen LogP contribution in [0.2, 0.25) is 0 Å². The maximum absolute atomic E-state index is 5.81. The van der Waals surface area contributed by atoms with E-state index >= 15 is 0 Å². The second-order valence-electron chi connectivity index (χ2n) is 5.65. The third-order valence-electron chi connectivity index (χ3n) is 3.81. The SMILES string of the molecule is CCCc1cc(CN)cc(N(C)CC2CCCCO2)n1. The number of hydrogen-bond acceptors (Lipinski definition) is 4. The Morgan fingerprint density at radius 2 is 2.25 bits per heavy atom. The van der Waals surface area contributed by atoms with E-state index in [1.165, 1.54) is 12.8 Å². The van der Waals surface area contributed by atoms with Gasteiger partial charge in [-0.1, -0.05) is 13.3 Å². The van der Waals surface area contributed by atoms with Crippen molar-refractivity contribution in [1.29, 1.82) is 0 Å². The molecule has 4 heteroatoms. The van der Waals surface area contributed by atoms with Crippen LogP contribution >= 0.6 is 0 Å². The molecule has 0 radical (unpaired) electrons. The molecule has 1 aromatic heterocycles. The van der Waals surface area contributed by atoms with Crippen LogP contribution < -0.4 is 10.6 Å². The number of rotatable bonds is 6. The minimum absolute atomic E-state index is 0.340. The van der Waals surface area contributed by atoms with Crippen molar-refractivity contribution in [3.8, 4) is 0 Å². The maximum atomic E-state index is 5.81. The van der Waals surface area contributed by atoms with Crippen molar-refractivity contribution < 1.29 is 4.74 Å². The molecule has 0 bridgehead atoms. The molecule has 0 amide bonds. The summed E-state index contributed by atoms with van der Waals surface area (Å²) in [5.41, 5.74) is 8.10. The Morgan fingerprint density at radius 1 is 1.40 bits per heavy atom. The summed E-state index contributed by atoms with van der Waals surface area (Å²) in [6, 6.07) is 4.22. The number of pyridine rings is 1. The molecule has 2 N–H and O–H groups in total. The average Bonchev–Trinajstić information content (AvgIpc) is 2.48. The van der Waals surface area contributed by atoms with E-state index in [2.05, 4.69) is 31.0 Å². The van der Waals surface area contributed by atoms with Crippen LogP contribution in [0.3, 0.4) is 0 Å². The van der Waals surface area contributed by atoms with Crippen molar-refractivity contribution >= 4 is 5.82 Å². The van der Waals surface area contributed by atoms with Crippen LogP contribution in [0.15, 0.2) is 12.1 Å². The highest BCUT2D eigenvalue weighted by Gasteiger charge is 2.17. The predicted molar refractivity (Wildman–Crippen MR) is 83.0 cm³/mol. The lowest BCUT2D eigenvalue weighted by molar-refractivity contribution is 0.0215. The van der Waals surface area contributed by atoms with Gasteiger partial charge in [-0.05, 0) is 43.4 Å². The molecule has 112 valence electrons. The highest BCUT2D eigenvalue weighted by atomic mass is 16.5. The Kier molecular flexibility index (Phi) is 5.80. The molecule has 4 nitrogen and oxygen atoms in total. The molecule has 0 aromatic carbocycles. The number of hydrogen-bond donors (Lipinski definition) is 1. The zero-order valence-electron chi connectivity index (χ0n) is 12.8. The summed E-state index contributed by atoms with van der Waals surface area (Å²) in [5.74, 6) is 1.02. The summed E-state index contributed by atoms with van der Waals surface area (Å²) in [6.07, 6.45) is 6.08. The molecule has 0 aliphatic carbocycles. The Bertz CT molecular complexity index is 416. The molecule has 0 saturated carbocycles. The van der Waals surface area contributed by atoms with Crippen molar-refractivity contribution in [2.45, 2.75) is 51.7 Å². The van der Waals surface area contributed by atoms with Crippen LogP contribution in [0.1, 0.15) is 43.9 Å². The second kappa shape index (κ2) is 7.60. The molecule has 2 heterocycles. The molecule has 1 atom stereocenters. The van der Waals surface area contributed by atoms with E-state index in [0.717, 1.165) is 49.5 Å². The van der Waals surface area contributed by atoms with Crippen LogP contribution in [0.25, 0.3) is 0 Å². The van der Waals surface area contributed by atoms with Crippen LogP contribution in [-0.2, 0) is 17.7 Å². The van der Waals surface area contributed by atoms with Crippen molar-refractivity contribution in [2.24, 2.45) is 5.73 Å². The van der Waals surface area contributed by atoms with E-state index in [1.54, 1.807) is 0 Å². The summed E-state index contributed by atoms with van der Waals surface area (Å²) in [6.45, 7) is 4.55. The third-order valence-corrected chi connectivity index (χ3v) is 3.81. The molecule has 1 fully saturated rings. The summed E-state index contributed by atoms with van der Waals surface area (Å²) in [7, 11) is 2.09. The van der Waals surface area contributed by atoms with E-state index in [0.29, 0.717) is 12.6 Å². The third kappa shape index (κ3) is 4.18. The number of aromatic nitrogens is 1. The standard InChI is InChI=1S/C16H27N3O/c1-3-6-14-9-13(11-17)10-16(18-14)19(2)12-15-7-4-5-8-20-15/h9-10,15H,3-8,11-12,17H2,1-2H3. The van der Waals surface area contributed by atoms with Gasteiger partial charge < -0.3 is 15.4 Å². The molecule has 1 aliphatic heterocycles. The summed E-state index contributed by atoms with van der Waals surface area (Å²) in [5, 5.41) is 0.